The number of benzene rings is 3. The molecular weight excluding hydrogens is 349 g/mol. The first-order chi connectivity index (χ1) is 13.2. The molecule has 0 bridgehead atoms. The van der Waals surface area contributed by atoms with Gasteiger partial charge in [-0.2, -0.15) is 0 Å². The highest BCUT2D eigenvalue weighted by Crippen LogP contribution is 2.30. The molecule has 3 aromatic carbocycles. The Hall–Kier alpha value is -2.63. The summed E-state index contributed by atoms with van der Waals surface area (Å²) >= 11 is 0. The van der Waals surface area contributed by atoms with Gasteiger partial charge in [-0.3, -0.25) is 0 Å². The van der Waals surface area contributed by atoms with E-state index in [2.05, 4.69) is 17.1 Å². The van der Waals surface area contributed by atoms with Gasteiger partial charge in [0.05, 0.1) is 11.2 Å². The topological polar surface area (TPSA) is 55.5 Å². The van der Waals surface area contributed by atoms with Crippen molar-refractivity contribution >= 4 is 34.8 Å². The number of hydrogen-bond acceptors (Lipinski definition) is 4. The number of nitrogens with zero attached hydrogens (tertiary/aromatic N) is 1. The minimum atomic E-state index is -0.970. The van der Waals surface area contributed by atoms with E-state index in [1.165, 1.54) is 0 Å². The van der Waals surface area contributed by atoms with E-state index in [0.29, 0.717) is 5.89 Å². The summed E-state index contributed by atoms with van der Waals surface area (Å²) in [5, 5.41) is 12.4. The largest absolute Gasteiger partial charge is 0.435 e. The molecule has 0 amide bonds. The summed E-state index contributed by atoms with van der Waals surface area (Å²) in [5.41, 5.74) is 1.69. The van der Waals surface area contributed by atoms with Gasteiger partial charge in [0.1, 0.15) is 5.52 Å². The van der Waals surface area contributed by atoms with E-state index in [9.17, 15) is 5.11 Å². The fourth-order valence-electron chi connectivity index (χ4n) is 2.88. The van der Waals surface area contributed by atoms with Gasteiger partial charge in [-0.05, 0) is 45.2 Å². The van der Waals surface area contributed by atoms with Crippen molar-refractivity contribution < 1.29 is 14.2 Å². The summed E-state index contributed by atoms with van der Waals surface area (Å²) in [6, 6.07) is 20.0. The van der Waals surface area contributed by atoms with Crippen molar-refractivity contribution in [3.8, 4) is 11.5 Å². The van der Waals surface area contributed by atoms with Crippen LogP contribution in [0.5, 0.6) is 0 Å². The van der Waals surface area contributed by atoms with E-state index in [-0.39, 0.29) is 0 Å². The molecule has 0 saturated heterocycles. The smallest absolute Gasteiger partial charge is 0.330 e. The zero-order valence-corrected chi connectivity index (χ0v) is 16.6. The Morgan fingerprint density at radius 2 is 1.75 bits per heavy atom. The third-order valence-corrected chi connectivity index (χ3v) is 5.38. The van der Waals surface area contributed by atoms with Gasteiger partial charge in [0.2, 0.25) is 5.89 Å². The molecular formula is C23H23BNO3. The van der Waals surface area contributed by atoms with Crippen LogP contribution in [0.1, 0.15) is 27.7 Å². The fourth-order valence-corrected chi connectivity index (χ4v) is 2.88. The Bertz CT molecular complexity index is 1140. The highest BCUT2D eigenvalue weighted by Gasteiger charge is 2.35. The highest BCUT2D eigenvalue weighted by molar-refractivity contribution is 6.47. The predicted octanol–water partition coefficient (Wildman–Crippen LogP) is 4.46. The lowest BCUT2D eigenvalue weighted by Gasteiger charge is -2.37. The summed E-state index contributed by atoms with van der Waals surface area (Å²) < 4.78 is 12.0. The van der Waals surface area contributed by atoms with Crippen LogP contribution in [0.2, 0.25) is 0 Å². The minimum absolute atomic E-state index is 0.573. The SMILES string of the molecule is CC(C)(O)C(C)(C)O[B]c1cccc(-c2nc3ccc4ccccc4c3o2)c1. The van der Waals surface area contributed by atoms with E-state index in [0.717, 1.165) is 32.9 Å². The van der Waals surface area contributed by atoms with Crippen LogP contribution in [0.15, 0.2) is 65.1 Å². The number of oxazole rings is 1. The monoisotopic (exact) mass is 372 g/mol. The average Bonchev–Trinajstić information content (AvgIpc) is 3.11. The summed E-state index contributed by atoms with van der Waals surface area (Å²) in [5.74, 6) is 0.573. The molecule has 0 saturated carbocycles. The average molecular weight is 372 g/mol. The molecule has 4 rings (SSSR count). The van der Waals surface area contributed by atoms with Crippen LogP contribution in [-0.2, 0) is 4.65 Å². The lowest BCUT2D eigenvalue weighted by Crippen LogP contribution is -2.49. The van der Waals surface area contributed by atoms with Gasteiger partial charge in [-0.15, -0.1) is 0 Å². The molecule has 1 aromatic heterocycles. The molecule has 0 atom stereocenters. The summed E-state index contributed by atoms with van der Waals surface area (Å²) in [6.07, 6.45) is 0. The predicted molar refractivity (Wildman–Crippen MR) is 114 cm³/mol. The van der Waals surface area contributed by atoms with E-state index in [1.54, 1.807) is 21.3 Å². The molecule has 4 aromatic rings. The van der Waals surface area contributed by atoms with Crippen LogP contribution >= 0.6 is 0 Å². The maximum absolute atomic E-state index is 10.3. The second kappa shape index (κ2) is 6.76. The molecule has 141 valence electrons. The summed E-state index contributed by atoms with van der Waals surface area (Å²) in [7, 11) is 1.67. The summed E-state index contributed by atoms with van der Waals surface area (Å²) in [4.78, 5) is 4.66. The number of aliphatic hydroxyl groups is 1. The fraction of sp³-hybridized carbons (Fsp3) is 0.261. The van der Waals surface area contributed by atoms with E-state index >= 15 is 0 Å². The Balaban J connectivity index is 1.65. The number of rotatable bonds is 5. The van der Waals surface area contributed by atoms with Gasteiger partial charge in [-0.1, -0.05) is 54.0 Å². The second-order valence-electron chi connectivity index (χ2n) is 8.08. The molecule has 0 unspecified atom stereocenters. The normalized spacial score (nSPS) is 12.6. The van der Waals surface area contributed by atoms with Crippen molar-refractivity contribution in [3.05, 3.63) is 60.7 Å². The number of hydrogen-bond donors (Lipinski definition) is 1. The van der Waals surface area contributed by atoms with Crippen molar-refractivity contribution in [1.29, 1.82) is 0 Å². The minimum Gasteiger partial charge on any atom is -0.435 e. The lowest BCUT2D eigenvalue weighted by atomic mass is 9.82. The third-order valence-electron chi connectivity index (χ3n) is 5.38. The molecule has 4 nitrogen and oxygen atoms in total. The quantitative estimate of drug-likeness (QED) is 0.526. The Morgan fingerprint density at radius 3 is 2.54 bits per heavy atom. The van der Waals surface area contributed by atoms with E-state index < -0.39 is 11.2 Å². The lowest BCUT2D eigenvalue weighted by molar-refractivity contribution is -0.0893. The van der Waals surface area contributed by atoms with Crippen LogP contribution in [-0.4, -0.2) is 28.8 Å². The Kier molecular flexibility index (Phi) is 4.52. The molecule has 0 spiro atoms. The zero-order chi connectivity index (χ0) is 19.9. The maximum Gasteiger partial charge on any atom is 0.330 e. The number of fused-ring (bicyclic) bond motifs is 3. The molecule has 0 aliphatic carbocycles. The van der Waals surface area contributed by atoms with Gasteiger partial charge in [-0.25, -0.2) is 4.98 Å². The van der Waals surface area contributed by atoms with Crippen molar-refractivity contribution in [1.82, 2.24) is 4.98 Å². The van der Waals surface area contributed by atoms with Crippen molar-refractivity contribution in [2.75, 3.05) is 0 Å². The molecule has 0 aliphatic rings. The highest BCUT2D eigenvalue weighted by atomic mass is 16.5. The molecule has 1 N–H and O–H groups in total. The molecule has 0 aliphatic heterocycles. The van der Waals surface area contributed by atoms with Crippen LogP contribution in [0, 0.1) is 0 Å². The second-order valence-corrected chi connectivity index (χ2v) is 8.08. The molecule has 28 heavy (non-hydrogen) atoms. The Labute approximate surface area is 165 Å². The molecule has 5 heteroatoms. The third kappa shape index (κ3) is 3.43. The van der Waals surface area contributed by atoms with Gasteiger partial charge >= 0.3 is 7.48 Å². The van der Waals surface area contributed by atoms with Gasteiger partial charge in [0.25, 0.3) is 0 Å². The first-order valence-electron chi connectivity index (χ1n) is 9.37. The maximum atomic E-state index is 10.3. The van der Waals surface area contributed by atoms with Crippen LogP contribution in [0.3, 0.4) is 0 Å². The molecule has 1 radical (unpaired) electrons. The van der Waals surface area contributed by atoms with Crippen LogP contribution in [0.4, 0.5) is 0 Å². The Morgan fingerprint density at radius 1 is 0.964 bits per heavy atom. The van der Waals surface area contributed by atoms with Crippen molar-refractivity contribution in [2.24, 2.45) is 0 Å². The summed E-state index contributed by atoms with van der Waals surface area (Å²) in [6.45, 7) is 7.19. The standard InChI is InChI=1S/C23H23BNO3/c1-22(2,26)23(3,4)28-24-17-10-7-9-16(14-17)21-25-19-13-12-15-8-5-6-11-18(15)20(19)27-21/h5-14,26H,1-4H3. The van der Waals surface area contributed by atoms with Gasteiger partial charge < -0.3 is 14.2 Å². The van der Waals surface area contributed by atoms with Crippen molar-refractivity contribution in [3.63, 3.8) is 0 Å². The first-order valence-corrected chi connectivity index (χ1v) is 9.37. The van der Waals surface area contributed by atoms with Crippen molar-refractivity contribution in [2.45, 2.75) is 38.9 Å². The first kappa shape index (κ1) is 18.7. The molecule has 0 fully saturated rings. The molecule has 1 heterocycles. The van der Waals surface area contributed by atoms with Crippen LogP contribution < -0.4 is 5.46 Å². The zero-order valence-electron chi connectivity index (χ0n) is 16.6. The van der Waals surface area contributed by atoms with Gasteiger partial charge in [0.15, 0.2) is 5.58 Å². The van der Waals surface area contributed by atoms with Gasteiger partial charge in [0, 0.05) is 10.9 Å². The number of aromatic nitrogens is 1. The van der Waals surface area contributed by atoms with E-state index in [4.69, 9.17) is 9.07 Å². The van der Waals surface area contributed by atoms with Crippen LogP contribution in [0.25, 0.3) is 33.3 Å². The van der Waals surface area contributed by atoms with E-state index in [1.807, 2.05) is 62.4 Å².